The van der Waals surface area contributed by atoms with Crippen molar-refractivity contribution in [2.24, 2.45) is 5.10 Å². The van der Waals surface area contributed by atoms with Crippen LogP contribution >= 0.6 is 0 Å². The molecule has 0 bridgehead atoms. The Balaban J connectivity index is 2.08. The molecule has 0 aliphatic carbocycles. The number of imide groups is 1. The van der Waals surface area contributed by atoms with Crippen LogP contribution in [0.15, 0.2) is 23.3 Å². The van der Waals surface area contributed by atoms with E-state index in [0.29, 0.717) is 24.7 Å². The lowest BCUT2D eigenvalue weighted by molar-refractivity contribution is -0.118. The van der Waals surface area contributed by atoms with E-state index in [0.717, 1.165) is 23.4 Å². The zero-order valence-corrected chi connectivity index (χ0v) is 13.4. The molecule has 124 valence electrons. The zero-order valence-electron chi connectivity index (χ0n) is 13.4. The van der Waals surface area contributed by atoms with Crippen molar-refractivity contribution < 1.29 is 19.1 Å². The molecule has 0 saturated carbocycles. The van der Waals surface area contributed by atoms with Crippen LogP contribution in [0.3, 0.4) is 0 Å². The minimum Gasteiger partial charge on any atom is -0.490 e. The van der Waals surface area contributed by atoms with Gasteiger partial charge in [-0.3, -0.25) is 10.1 Å². The number of ether oxygens (including phenoxy) is 2. The summed E-state index contributed by atoms with van der Waals surface area (Å²) in [7, 11) is 0. The molecule has 1 aromatic rings. The second-order valence-electron chi connectivity index (χ2n) is 5.00. The lowest BCUT2D eigenvalue weighted by Crippen LogP contribution is -2.24. The fraction of sp³-hybridized carbons (Fsp3) is 0.438. The largest absolute Gasteiger partial charge is 0.490 e. The molecule has 1 heterocycles. The molecule has 1 aliphatic heterocycles. The van der Waals surface area contributed by atoms with Gasteiger partial charge in [-0.1, -0.05) is 13.3 Å². The van der Waals surface area contributed by atoms with Crippen LogP contribution < -0.4 is 14.8 Å². The summed E-state index contributed by atoms with van der Waals surface area (Å²) in [6.45, 7) is 5.10. The van der Waals surface area contributed by atoms with E-state index in [9.17, 15) is 9.59 Å². The van der Waals surface area contributed by atoms with Gasteiger partial charge in [-0.05, 0) is 37.1 Å². The van der Waals surface area contributed by atoms with Gasteiger partial charge in [0.1, 0.15) is 6.54 Å². The summed E-state index contributed by atoms with van der Waals surface area (Å²) in [5.74, 6) is 0.961. The van der Waals surface area contributed by atoms with E-state index in [2.05, 4.69) is 17.3 Å². The number of carbonyl (C=O) groups is 2. The average Bonchev–Trinajstić information content (AvgIpc) is 2.85. The highest BCUT2D eigenvalue weighted by Gasteiger charge is 2.25. The van der Waals surface area contributed by atoms with Gasteiger partial charge >= 0.3 is 6.03 Å². The molecule has 0 unspecified atom stereocenters. The SMILES string of the molecule is CCCCOc1ccc(/C=N\N2CC(=O)NC2=O)cc1OCC. The zero-order chi connectivity index (χ0) is 16.7. The Morgan fingerprint density at radius 2 is 2.09 bits per heavy atom. The first-order valence-corrected chi connectivity index (χ1v) is 7.69. The van der Waals surface area contributed by atoms with E-state index >= 15 is 0 Å². The van der Waals surface area contributed by atoms with Gasteiger partial charge in [-0.2, -0.15) is 5.10 Å². The first kappa shape index (κ1) is 16.8. The molecule has 1 fully saturated rings. The maximum Gasteiger partial charge on any atom is 0.344 e. The number of hydrazone groups is 1. The summed E-state index contributed by atoms with van der Waals surface area (Å²) in [6.07, 6.45) is 3.55. The average molecular weight is 319 g/mol. The summed E-state index contributed by atoms with van der Waals surface area (Å²) < 4.78 is 11.3. The van der Waals surface area contributed by atoms with Crippen molar-refractivity contribution in [3.63, 3.8) is 0 Å². The molecular weight excluding hydrogens is 298 g/mol. The van der Waals surface area contributed by atoms with Gasteiger partial charge in [0.2, 0.25) is 5.91 Å². The van der Waals surface area contributed by atoms with Crippen molar-refractivity contribution in [3.8, 4) is 11.5 Å². The van der Waals surface area contributed by atoms with Crippen LogP contribution in [0.2, 0.25) is 0 Å². The summed E-state index contributed by atoms with van der Waals surface area (Å²) in [4.78, 5) is 22.5. The number of urea groups is 1. The fourth-order valence-corrected chi connectivity index (χ4v) is 1.98. The maximum absolute atomic E-state index is 11.4. The van der Waals surface area contributed by atoms with Crippen LogP contribution in [-0.2, 0) is 4.79 Å². The predicted molar refractivity (Wildman–Crippen MR) is 85.9 cm³/mol. The van der Waals surface area contributed by atoms with Crippen molar-refractivity contribution in [3.05, 3.63) is 23.8 Å². The molecule has 0 spiro atoms. The van der Waals surface area contributed by atoms with E-state index in [1.54, 1.807) is 6.07 Å². The van der Waals surface area contributed by atoms with Crippen molar-refractivity contribution in [2.75, 3.05) is 19.8 Å². The van der Waals surface area contributed by atoms with Crippen LogP contribution in [0, 0.1) is 0 Å². The number of hydrogen-bond donors (Lipinski definition) is 1. The quantitative estimate of drug-likeness (QED) is 0.452. The van der Waals surface area contributed by atoms with Gasteiger partial charge in [-0.25, -0.2) is 9.80 Å². The first-order valence-electron chi connectivity index (χ1n) is 7.69. The Morgan fingerprint density at radius 1 is 1.26 bits per heavy atom. The Hall–Kier alpha value is -2.57. The third-order valence-corrected chi connectivity index (χ3v) is 3.14. The molecule has 1 aliphatic rings. The molecule has 1 N–H and O–H groups in total. The molecular formula is C16H21N3O4. The number of carbonyl (C=O) groups excluding carboxylic acids is 2. The number of rotatable bonds is 8. The van der Waals surface area contributed by atoms with Gasteiger partial charge in [0, 0.05) is 0 Å². The molecule has 1 saturated heterocycles. The second-order valence-corrected chi connectivity index (χ2v) is 5.00. The lowest BCUT2D eigenvalue weighted by atomic mass is 10.2. The third-order valence-electron chi connectivity index (χ3n) is 3.14. The molecule has 0 aromatic heterocycles. The van der Waals surface area contributed by atoms with E-state index in [-0.39, 0.29) is 12.5 Å². The lowest BCUT2D eigenvalue weighted by Gasteiger charge is -2.12. The van der Waals surface area contributed by atoms with E-state index < -0.39 is 6.03 Å². The van der Waals surface area contributed by atoms with Gasteiger partial charge in [0.05, 0.1) is 19.4 Å². The molecule has 7 nitrogen and oxygen atoms in total. The van der Waals surface area contributed by atoms with E-state index in [1.165, 1.54) is 6.21 Å². The van der Waals surface area contributed by atoms with Crippen molar-refractivity contribution >= 4 is 18.2 Å². The number of benzene rings is 1. The van der Waals surface area contributed by atoms with Gasteiger partial charge in [0.15, 0.2) is 11.5 Å². The van der Waals surface area contributed by atoms with Crippen LogP contribution in [0.5, 0.6) is 11.5 Å². The van der Waals surface area contributed by atoms with Crippen LogP contribution in [0.25, 0.3) is 0 Å². The van der Waals surface area contributed by atoms with E-state index in [4.69, 9.17) is 9.47 Å². The van der Waals surface area contributed by atoms with Gasteiger partial charge < -0.3 is 9.47 Å². The monoisotopic (exact) mass is 319 g/mol. The standard InChI is InChI=1S/C16H21N3O4/c1-3-5-8-23-13-7-6-12(9-14(13)22-4-2)10-17-19-11-15(20)18-16(19)21/h6-7,9-10H,3-5,8,11H2,1-2H3,(H,18,20,21)/b17-10-. The van der Waals surface area contributed by atoms with E-state index in [1.807, 2.05) is 19.1 Å². The number of hydrogen-bond acceptors (Lipinski definition) is 5. The van der Waals surface area contributed by atoms with Crippen LogP contribution in [0.1, 0.15) is 32.3 Å². The number of nitrogens with one attached hydrogen (secondary N) is 1. The Bertz CT molecular complexity index is 601. The fourth-order valence-electron chi connectivity index (χ4n) is 1.98. The second kappa shape index (κ2) is 8.17. The first-order chi connectivity index (χ1) is 11.1. The smallest absolute Gasteiger partial charge is 0.344 e. The number of amides is 3. The molecule has 3 amide bonds. The van der Waals surface area contributed by atoms with Crippen LogP contribution in [-0.4, -0.2) is 42.9 Å². The van der Waals surface area contributed by atoms with Crippen molar-refractivity contribution in [1.29, 1.82) is 0 Å². The van der Waals surface area contributed by atoms with Crippen molar-refractivity contribution in [1.82, 2.24) is 10.3 Å². The molecule has 2 rings (SSSR count). The number of unbranched alkanes of at least 4 members (excludes halogenated alkanes) is 1. The normalized spacial score (nSPS) is 14.4. The topological polar surface area (TPSA) is 80.2 Å². The molecule has 7 heteroatoms. The summed E-state index contributed by atoms with van der Waals surface area (Å²) in [5.41, 5.74) is 0.753. The minimum atomic E-state index is -0.518. The van der Waals surface area contributed by atoms with Gasteiger partial charge in [-0.15, -0.1) is 0 Å². The summed E-state index contributed by atoms with van der Waals surface area (Å²) in [5, 5.41) is 7.25. The highest BCUT2D eigenvalue weighted by atomic mass is 16.5. The Kier molecular flexibility index (Phi) is 5.96. The summed E-state index contributed by atoms with van der Waals surface area (Å²) >= 11 is 0. The Labute approximate surface area is 135 Å². The minimum absolute atomic E-state index is 0.0636. The molecule has 23 heavy (non-hydrogen) atoms. The Morgan fingerprint density at radius 3 is 2.74 bits per heavy atom. The predicted octanol–water partition coefficient (Wildman–Crippen LogP) is 2.15. The number of nitrogens with zero attached hydrogens (tertiary/aromatic N) is 2. The third kappa shape index (κ3) is 4.70. The molecule has 0 radical (unpaired) electrons. The van der Waals surface area contributed by atoms with Crippen molar-refractivity contribution in [2.45, 2.75) is 26.7 Å². The molecule has 1 aromatic carbocycles. The van der Waals surface area contributed by atoms with Gasteiger partial charge in [0.25, 0.3) is 0 Å². The highest BCUT2D eigenvalue weighted by molar-refractivity contribution is 6.02. The highest BCUT2D eigenvalue weighted by Crippen LogP contribution is 2.28. The van der Waals surface area contributed by atoms with Crippen LogP contribution in [0.4, 0.5) is 4.79 Å². The maximum atomic E-state index is 11.4. The molecule has 0 atom stereocenters. The summed E-state index contributed by atoms with van der Waals surface area (Å²) in [6, 6.07) is 4.92.